The number of benzene rings is 1. The Hall–Kier alpha value is -3.01. The SMILES string of the molecule is Cn1c(=O)c2c(nc(N3CCN(S(=O)(=O)c4ccc(S(=O)(=O)N5CCCCC5)cc4)CC3)n2C)n(C)c1=O. The van der Waals surface area contributed by atoms with Crippen LogP contribution in [0.4, 0.5) is 5.95 Å². The molecule has 4 heterocycles. The Balaban J connectivity index is 1.34. The normalized spacial score (nSPS) is 18.3. The predicted molar refractivity (Wildman–Crippen MR) is 141 cm³/mol. The molecule has 3 aromatic rings. The maximum Gasteiger partial charge on any atom is 0.332 e. The number of imidazole rings is 1. The molecular weight excluding hydrogens is 534 g/mol. The summed E-state index contributed by atoms with van der Waals surface area (Å²) >= 11 is 0. The first-order valence-corrected chi connectivity index (χ1v) is 15.3. The molecule has 0 N–H and O–H groups in total. The van der Waals surface area contributed by atoms with Crippen LogP contribution in [0.2, 0.25) is 0 Å². The lowest BCUT2D eigenvalue weighted by molar-refractivity contribution is 0.346. The third-order valence-corrected chi connectivity index (χ3v) is 11.2. The Morgan fingerprint density at radius 1 is 0.658 bits per heavy atom. The van der Waals surface area contributed by atoms with Crippen molar-refractivity contribution in [2.24, 2.45) is 21.1 Å². The fourth-order valence-corrected chi connectivity index (χ4v) is 8.04. The fourth-order valence-electron chi connectivity index (χ4n) is 5.11. The van der Waals surface area contributed by atoms with E-state index in [1.807, 2.05) is 4.90 Å². The molecule has 38 heavy (non-hydrogen) atoms. The summed E-state index contributed by atoms with van der Waals surface area (Å²) in [6.45, 7) is 1.96. The average Bonchev–Trinajstić information content (AvgIpc) is 3.28. The van der Waals surface area contributed by atoms with Crippen LogP contribution in [-0.2, 0) is 41.2 Å². The van der Waals surface area contributed by atoms with Crippen molar-refractivity contribution in [3.63, 3.8) is 0 Å². The van der Waals surface area contributed by atoms with Gasteiger partial charge in [-0.2, -0.15) is 13.6 Å². The van der Waals surface area contributed by atoms with Gasteiger partial charge in [0.05, 0.1) is 9.79 Å². The van der Waals surface area contributed by atoms with Crippen molar-refractivity contribution >= 4 is 37.2 Å². The first kappa shape index (κ1) is 26.6. The molecule has 206 valence electrons. The second kappa shape index (κ2) is 9.63. The molecule has 0 radical (unpaired) electrons. The second-order valence-corrected chi connectivity index (χ2v) is 13.6. The Morgan fingerprint density at radius 2 is 1.16 bits per heavy atom. The highest BCUT2D eigenvalue weighted by atomic mass is 32.2. The van der Waals surface area contributed by atoms with Crippen molar-refractivity contribution in [2.75, 3.05) is 44.2 Å². The number of hydrogen-bond acceptors (Lipinski definition) is 8. The molecule has 15 heteroatoms. The quantitative estimate of drug-likeness (QED) is 0.409. The van der Waals surface area contributed by atoms with Crippen molar-refractivity contribution in [2.45, 2.75) is 29.1 Å². The number of piperidine rings is 1. The van der Waals surface area contributed by atoms with Crippen molar-refractivity contribution in [1.82, 2.24) is 27.3 Å². The Kier molecular flexibility index (Phi) is 6.74. The van der Waals surface area contributed by atoms with Crippen LogP contribution in [0.15, 0.2) is 43.6 Å². The van der Waals surface area contributed by atoms with E-state index in [0.717, 1.165) is 23.8 Å². The molecule has 5 rings (SSSR count). The largest absolute Gasteiger partial charge is 0.340 e. The first-order chi connectivity index (χ1) is 17.9. The molecule has 13 nitrogen and oxygen atoms in total. The van der Waals surface area contributed by atoms with Crippen LogP contribution in [0.3, 0.4) is 0 Å². The Labute approximate surface area is 220 Å². The van der Waals surface area contributed by atoms with Gasteiger partial charge in [0.15, 0.2) is 11.2 Å². The van der Waals surface area contributed by atoms with Crippen molar-refractivity contribution in [3.05, 3.63) is 45.1 Å². The minimum absolute atomic E-state index is 0.0322. The molecule has 2 fully saturated rings. The number of anilines is 1. The molecule has 0 atom stereocenters. The maximum absolute atomic E-state index is 13.3. The summed E-state index contributed by atoms with van der Waals surface area (Å²) in [5.74, 6) is 0.475. The number of aryl methyl sites for hydroxylation is 2. The summed E-state index contributed by atoms with van der Waals surface area (Å²) in [5, 5.41) is 0. The van der Waals surface area contributed by atoms with Crippen molar-refractivity contribution in [1.29, 1.82) is 0 Å². The van der Waals surface area contributed by atoms with E-state index < -0.39 is 31.3 Å². The van der Waals surface area contributed by atoms with E-state index in [2.05, 4.69) is 4.98 Å². The maximum atomic E-state index is 13.3. The van der Waals surface area contributed by atoms with Crippen LogP contribution in [-0.4, -0.2) is 83.4 Å². The van der Waals surface area contributed by atoms with E-state index in [-0.39, 0.29) is 28.5 Å². The van der Waals surface area contributed by atoms with Gasteiger partial charge in [0.25, 0.3) is 5.56 Å². The average molecular weight is 566 g/mol. The van der Waals surface area contributed by atoms with Crippen LogP contribution in [0.1, 0.15) is 19.3 Å². The van der Waals surface area contributed by atoms with Crippen molar-refractivity contribution in [3.8, 4) is 0 Å². The molecule has 0 spiro atoms. The highest BCUT2D eigenvalue weighted by molar-refractivity contribution is 7.89. The zero-order valence-electron chi connectivity index (χ0n) is 21.6. The van der Waals surface area contributed by atoms with E-state index in [9.17, 15) is 26.4 Å². The number of aromatic nitrogens is 4. The molecule has 2 aliphatic heterocycles. The molecule has 0 saturated carbocycles. The lowest BCUT2D eigenvalue weighted by Gasteiger charge is -2.34. The van der Waals surface area contributed by atoms with Crippen LogP contribution in [0.25, 0.3) is 11.2 Å². The van der Waals surface area contributed by atoms with Gasteiger partial charge in [-0.25, -0.2) is 21.6 Å². The molecule has 0 bridgehead atoms. The van der Waals surface area contributed by atoms with E-state index in [1.165, 1.54) is 44.5 Å². The zero-order chi connectivity index (χ0) is 27.4. The monoisotopic (exact) mass is 565 g/mol. The summed E-state index contributed by atoms with van der Waals surface area (Å²) in [5.41, 5.74) is -0.362. The smallest absolute Gasteiger partial charge is 0.332 e. The summed E-state index contributed by atoms with van der Waals surface area (Å²) in [6.07, 6.45) is 2.65. The van der Waals surface area contributed by atoms with E-state index in [0.29, 0.717) is 37.6 Å². The fraction of sp³-hybridized carbons (Fsp3) is 0.522. The highest BCUT2D eigenvalue weighted by Gasteiger charge is 2.32. The third-order valence-electron chi connectivity index (χ3n) is 7.39. The number of fused-ring (bicyclic) bond motifs is 1. The minimum atomic E-state index is -3.84. The molecule has 2 aromatic heterocycles. The number of rotatable bonds is 5. The second-order valence-electron chi connectivity index (χ2n) is 9.68. The summed E-state index contributed by atoms with van der Waals surface area (Å²) in [7, 11) is -2.84. The molecular formula is C23H31N7O6S2. The van der Waals surface area contributed by atoms with Gasteiger partial charge in [-0.05, 0) is 37.1 Å². The molecule has 0 amide bonds. The standard InChI is InChI=1S/C23H31N7O6S2/c1-25-19-20(26(2)23(32)27(3)21(19)31)24-22(25)28-13-15-30(16-14-28)38(35,36)18-9-7-17(8-10-18)37(33,34)29-11-5-4-6-12-29/h7-10H,4-6,11-16H2,1-3H3. The van der Waals surface area contributed by atoms with Crippen LogP contribution in [0.5, 0.6) is 0 Å². The Bertz CT molecular complexity index is 1710. The first-order valence-electron chi connectivity index (χ1n) is 12.4. The van der Waals surface area contributed by atoms with Gasteiger partial charge in [0.2, 0.25) is 26.0 Å². The van der Waals surface area contributed by atoms with Crippen LogP contribution in [0, 0.1) is 0 Å². The molecule has 2 saturated heterocycles. The van der Waals surface area contributed by atoms with E-state index in [4.69, 9.17) is 0 Å². The van der Waals surface area contributed by atoms with Gasteiger partial charge in [-0.1, -0.05) is 6.42 Å². The Morgan fingerprint density at radius 3 is 1.68 bits per heavy atom. The predicted octanol–water partition coefficient (Wildman–Crippen LogP) is -0.344. The topological polar surface area (TPSA) is 140 Å². The lowest BCUT2D eigenvalue weighted by atomic mass is 10.2. The molecule has 0 unspecified atom stereocenters. The highest BCUT2D eigenvalue weighted by Crippen LogP contribution is 2.25. The summed E-state index contributed by atoms with van der Waals surface area (Å²) < 4.78 is 59.2. The summed E-state index contributed by atoms with van der Waals surface area (Å²) in [6, 6.07) is 5.41. The van der Waals surface area contributed by atoms with E-state index in [1.54, 1.807) is 18.7 Å². The lowest BCUT2D eigenvalue weighted by Crippen LogP contribution is -2.49. The van der Waals surface area contributed by atoms with Crippen LogP contribution >= 0.6 is 0 Å². The molecule has 0 aliphatic carbocycles. The molecule has 1 aromatic carbocycles. The van der Waals surface area contributed by atoms with Gasteiger partial charge in [-0.3, -0.25) is 13.9 Å². The number of sulfonamides is 2. The van der Waals surface area contributed by atoms with Gasteiger partial charge in [0, 0.05) is 60.4 Å². The minimum Gasteiger partial charge on any atom is -0.340 e. The zero-order valence-corrected chi connectivity index (χ0v) is 23.2. The third kappa shape index (κ3) is 4.26. The van der Waals surface area contributed by atoms with Gasteiger partial charge < -0.3 is 9.47 Å². The van der Waals surface area contributed by atoms with Crippen molar-refractivity contribution < 1.29 is 16.8 Å². The van der Waals surface area contributed by atoms with Gasteiger partial charge >= 0.3 is 5.69 Å². The number of hydrogen-bond donors (Lipinski definition) is 0. The van der Waals surface area contributed by atoms with Gasteiger partial charge in [0.1, 0.15) is 0 Å². The van der Waals surface area contributed by atoms with E-state index >= 15 is 0 Å². The number of piperazine rings is 1. The molecule has 2 aliphatic rings. The summed E-state index contributed by atoms with van der Waals surface area (Å²) in [4.78, 5) is 31.5. The van der Waals surface area contributed by atoms with Crippen LogP contribution < -0.4 is 16.1 Å². The van der Waals surface area contributed by atoms with Gasteiger partial charge in [-0.15, -0.1) is 0 Å². The number of nitrogens with zero attached hydrogens (tertiary/aromatic N) is 7.